The van der Waals surface area contributed by atoms with Crippen LogP contribution in [-0.2, 0) is 15.1 Å². The highest BCUT2D eigenvalue weighted by atomic mass is 16.5. The number of aromatic nitrogens is 1. The molecule has 2 rings (SSSR count). The van der Waals surface area contributed by atoms with Gasteiger partial charge in [-0.1, -0.05) is 0 Å². The van der Waals surface area contributed by atoms with Crippen molar-refractivity contribution < 1.29 is 19.4 Å². The van der Waals surface area contributed by atoms with Crippen LogP contribution in [0.3, 0.4) is 0 Å². The van der Waals surface area contributed by atoms with Crippen molar-refractivity contribution in [3.8, 4) is 5.75 Å². The molecule has 120 valence electrons. The molecule has 0 saturated carbocycles. The Bertz CT molecular complexity index is 629. The van der Waals surface area contributed by atoms with E-state index in [2.05, 4.69) is 0 Å². The monoisotopic (exact) mass is 308 g/mol. The van der Waals surface area contributed by atoms with Crippen LogP contribution in [0.15, 0.2) is 23.1 Å². The van der Waals surface area contributed by atoms with Crippen LogP contribution in [0.2, 0.25) is 0 Å². The first-order valence-corrected chi connectivity index (χ1v) is 7.20. The van der Waals surface area contributed by atoms with Gasteiger partial charge in [0.05, 0.1) is 0 Å². The number of carboxylic acid groups (broad SMARTS) is 1. The summed E-state index contributed by atoms with van der Waals surface area (Å²) in [4.78, 5) is 37.2. The zero-order valence-corrected chi connectivity index (χ0v) is 12.7. The first-order chi connectivity index (χ1) is 10.3. The van der Waals surface area contributed by atoms with Gasteiger partial charge in [0.25, 0.3) is 11.5 Å². The molecule has 1 aromatic rings. The third kappa shape index (κ3) is 3.13. The molecule has 2 heterocycles. The summed E-state index contributed by atoms with van der Waals surface area (Å²) in [5.74, 6) is -1.31. The summed E-state index contributed by atoms with van der Waals surface area (Å²) >= 11 is 0. The van der Waals surface area contributed by atoms with Gasteiger partial charge >= 0.3 is 5.97 Å². The Kier molecular flexibility index (Phi) is 4.54. The quantitative estimate of drug-likeness (QED) is 0.863. The first-order valence-electron chi connectivity index (χ1n) is 7.20. The lowest BCUT2D eigenvalue weighted by Crippen LogP contribution is -2.42. The summed E-state index contributed by atoms with van der Waals surface area (Å²) in [6.45, 7) is 4.07. The van der Waals surface area contributed by atoms with E-state index in [1.165, 1.54) is 32.2 Å². The fourth-order valence-corrected chi connectivity index (χ4v) is 2.32. The highest BCUT2D eigenvalue weighted by Crippen LogP contribution is 2.15. The van der Waals surface area contributed by atoms with Crippen molar-refractivity contribution in [2.24, 2.45) is 0 Å². The smallest absolute Gasteiger partial charge is 0.329 e. The molecule has 1 fully saturated rings. The molecular weight excluding hydrogens is 288 g/mol. The summed E-state index contributed by atoms with van der Waals surface area (Å²) in [5.41, 5.74) is -1.96. The molecule has 0 unspecified atom stereocenters. The Morgan fingerprint density at radius 1 is 1.32 bits per heavy atom. The molecular formula is C15H20N2O5. The second-order valence-corrected chi connectivity index (χ2v) is 5.79. The number of hydrogen-bond acceptors (Lipinski definition) is 4. The minimum atomic E-state index is -1.39. The van der Waals surface area contributed by atoms with Crippen molar-refractivity contribution in [1.29, 1.82) is 0 Å². The van der Waals surface area contributed by atoms with Crippen LogP contribution in [0.25, 0.3) is 0 Å². The molecule has 1 aromatic heterocycles. The standard InChI is InChI=1S/C15H20N2O5/c1-15(2,14(20)21)17-9-5-6-11(13(17)19)22-10-12(18)16-7-3-4-8-16/h5-6,9H,3-4,7-8,10H2,1-2H3,(H,20,21). The second-order valence-electron chi connectivity index (χ2n) is 5.79. The zero-order valence-electron chi connectivity index (χ0n) is 12.7. The highest BCUT2D eigenvalue weighted by Gasteiger charge is 2.31. The topological polar surface area (TPSA) is 88.8 Å². The van der Waals surface area contributed by atoms with Crippen LogP contribution in [0.5, 0.6) is 5.75 Å². The Balaban J connectivity index is 2.14. The molecule has 1 amide bonds. The van der Waals surface area contributed by atoms with Gasteiger partial charge in [0.15, 0.2) is 12.4 Å². The number of aliphatic carboxylic acids is 1. The van der Waals surface area contributed by atoms with Gasteiger partial charge in [0, 0.05) is 19.3 Å². The summed E-state index contributed by atoms with van der Waals surface area (Å²) < 4.78 is 6.40. The molecule has 0 aromatic carbocycles. The Labute approximate surface area is 128 Å². The lowest BCUT2D eigenvalue weighted by atomic mass is 10.1. The predicted molar refractivity (Wildman–Crippen MR) is 79.0 cm³/mol. The number of likely N-dealkylation sites (tertiary alicyclic amines) is 1. The number of amides is 1. The number of carbonyl (C=O) groups is 2. The van der Waals surface area contributed by atoms with E-state index < -0.39 is 17.1 Å². The van der Waals surface area contributed by atoms with Gasteiger partial charge in [-0.3, -0.25) is 14.2 Å². The fraction of sp³-hybridized carbons (Fsp3) is 0.533. The third-order valence-electron chi connectivity index (χ3n) is 3.85. The molecule has 1 aliphatic rings. The number of ether oxygens (including phenoxy) is 1. The maximum absolute atomic E-state index is 12.3. The lowest BCUT2D eigenvalue weighted by molar-refractivity contribution is -0.145. The first kappa shape index (κ1) is 16.1. The van der Waals surface area contributed by atoms with Gasteiger partial charge in [-0.25, -0.2) is 4.79 Å². The minimum Gasteiger partial charge on any atom is -0.480 e. The Hall–Kier alpha value is -2.31. The van der Waals surface area contributed by atoms with Crippen molar-refractivity contribution in [2.75, 3.05) is 19.7 Å². The average Bonchev–Trinajstić information content (AvgIpc) is 2.99. The molecule has 22 heavy (non-hydrogen) atoms. The maximum atomic E-state index is 12.3. The average molecular weight is 308 g/mol. The van der Waals surface area contributed by atoms with Gasteiger partial charge in [0.2, 0.25) is 0 Å². The lowest BCUT2D eigenvalue weighted by Gasteiger charge is -2.23. The Morgan fingerprint density at radius 2 is 1.95 bits per heavy atom. The van der Waals surface area contributed by atoms with Crippen molar-refractivity contribution in [3.05, 3.63) is 28.7 Å². The number of rotatable bonds is 5. The van der Waals surface area contributed by atoms with Crippen molar-refractivity contribution >= 4 is 11.9 Å². The van der Waals surface area contributed by atoms with Gasteiger partial charge in [-0.2, -0.15) is 0 Å². The molecule has 0 bridgehead atoms. The largest absolute Gasteiger partial charge is 0.480 e. The predicted octanol–water partition coefficient (Wildman–Crippen LogP) is 0.669. The molecule has 0 spiro atoms. The molecule has 1 aliphatic heterocycles. The van der Waals surface area contributed by atoms with E-state index in [-0.39, 0.29) is 18.3 Å². The van der Waals surface area contributed by atoms with Crippen LogP contribution >= 0.6 is 0 Å². The second kappa shape index (κ2) is 6.21. The van der Waals surface area contributed by atoms with Crippen molar-refractivity contribution in [1.82, 2.24) is 9.47 Å². The molecule has 1 N–H and O–H groups in total. The van der Waals surface area contributed by atoms with Crippen LogP contribution in [0.1, 0.15) is 26.7 Å². The number of nitrogens with zero attached hydrogens (tertiary/aromatic N) is 2. The third-order valence-corrected chi connectivity index (χ3v) is 3.85. The Morgan fingerprint density at radius 3 is 2.55 bits per heavy atom. The number of carbonyl (C=O) groups excluding carboxylic acids is 1. The van der Waals surface area contributed by atoms with Gasteiger partial charge in [-0.15, -0.1) is 0 Å². The fourth-order valence-electron chi connectivity index (χ4n) is 2.32. The van der Waals surface area contributed by atoms with E-state index in [4.69, 9.17) is 4.74 Å². The summed E-state index contributed by atoms with van der Waals surface area (Å²) in [7, 11) is 0. The minimum absolute atomic E-state index is 0.0237. The number of hydrogen-bond donors (Lipinski definition) is 1. The van der Waals surface area contributed by atoms with E-state index in [9.17, 15) is 19.5 Å². The summed E-state index contributed by atoms with van der Waals surface area (Å²) in [6.07, 6.45) is 3.36. The zero-order chi connectivity index (χ0) is 16.3. The van der Waals surface area contributed by atoms with Gasteiger partial charge in [0.1, 0.15) is 5.54 Å². The SMILES string of the molecule is CC(C)(C(=O)O)n1cccc(OCC(=O)N2CCCC2)c1=O. The summed E-state index contributed by atoms with van der Waals surface area (Å²) in [5, 5.41) is 9.21. The van der Waals surface area contributed by atoms with E-state index in [1.807, 2.05) is 0 Å². The van der Waals surface area contributed by atoms with Crippen molar-refractivity contribution in [2.45, 2.75) is 32.2 Å². The molecule has 7 heteroatoms. The van der Waals surface area contributed by atoms with Crippen LogP contribution < -0.4 is 10.3 Å². The van der Waals surface area contributed by atoms with Gasteiger partial charge < -0.3 is 14.7 Å². The molecule has 7 nitrogen and oxygen atoms in total. The van der Waals surface area contributed by atoms with Crippen LogP contribution in [0, 0.1) is 0 Å². The number of pyridine rings is 1. The molecule has 0 radical (unpaired) electrons. The maximum Gasteiger partial charge on any atom is 0.329 e. The van der Waals surface area contributed by atoms with E-state index >= 15 is 0 Å². The molecule has 0 aliphatic carbocycles. The molecule has 0 atom stereocenters. The number of carboxylic acids is 1. The normalized spacial score (nSPS) is 14.9. The van der Waals surface area contributed by atoms with Crippen molar-refractivity contribution in [3.63, 3.8) is 0 Å². The van der Waals surface area contributed by atoms with Crippen LogP contribution in [-0.4, -0.2) is 46.1 Å². The molecule has 1 saturated heterocycles. The summed E-state index contributed by atoms with van der Waals surface area (Å²) in [6, 6.07) is 2.97. The van der Waals surface area contributed by atoms with E-state index in [0.717, 1.165) is 17.4 Å². The highest BCUT2D eigenvalue weighted by molar-refractivity contribution is 5.78. The van der Waals surface area contributed by atoms with E-state index in [1.54, 1.807) is 4.90 Å². The van der Waals surface area contributed by atoms with Crippen LogP contribution in [0.4, 0.5) is 0 Å². The van der Waals surface area contributed by atoms with E-state index in [0.29, 0.717) is 13.1 Å². The van der Waals surface area contributed by atoms with Gasteiger partial charge in [-0.05, 0) is 38.8 Å².